The second-order valence-corrected chi connectivity index (χ2v) is 6.80. The first-order chi connectivity index (χ1) is 14.5. The van der Waals surface area contributed by atoms with Crippen LogP contribution in [0.2, 0.25) is 5.02 Å². The van der Waals surface area contributed by atoms with Crippen molar-refractivity contribution in [3.63, 3.8) is 0 Å². The number of nitrogens with zero attached hydrogens (tertiary/aromatic N) is 5. The quantitative estimate of drug-likeness (QED) is 0.174. The third-order valence-corrected chi connectivity index (χ3v) is 4.60. The Hall–Kier alpha value is -3.61. The van der Waals surface area contributed by atoms with Crippen molar-refractivity contribution in [1.29, 1.82) is 0 Å². The largest absolute Gasteiger partial charge is 0.462 e. The summed E-state index contributed by atoms with van der Waals surface area (Å²) < 4.78 is 6.56. The van der Waals surface area contributed by atoms with Crippen molar-refractivity contribution in [3.05, 3.63) is 92.1 Å². The molecular weight excluding hydrogens is 406 g/mol. The number of ether oxygens (including phenoxy) is 1. The molecule has 9 heteroatoms. The lowest BCUT2D eigenvalue weighted by Gasteiger charge is -2.07. The van der Waals surface area contributed by atoms with E-state index >= 15 is 0 Å². The molecule has 1 aromatic heterocycles. The molecule has 0 aliphatic heterocycles. The van der Waals surface area contributed by atoms with Gasteiger partial charge in [-0.1, -0.05) is 46.5 Å². The lowest BCUT2D eigenvalue weighted by atomic mass is 10.0. The Labute approximate surface area is 177 Å². The van der Waals surface area contributed by atoms with Crippen LogP contribution >= 0.6 is 11.6 Å². The number of benzene rings is 2. The monoisotopic (exact) mass is 423 g/mol. The van der Waals surface area contributed by atoms with E-state index in [1.807, 2.05) is 6.92 Å². The van der Waals surface area contributed by atoms with Gasteiger partial charge in [0, 0.05) is 15.5 Å². The van der Waals surface area contributed by atoms with Crippen LogP contribution in [-0.4, -0.2) is 28.1 Å². The molecular formula is C21H18ClN5O3. The van der Waals surface area contributed by atoms with Crippen LogP contribution in [0.5, 0.6) is 0 Å². The van der Waals surface area contributed by atoms with Crippen molar-refractivity contribution < 1.29 is 14.3 Å². The van der Waals surface area contributed by atoms with Gasteiger partial charge in [0.15, 0.2) is 0 Å². The molecule has 0 saturated heterocycles. The van der Waals surface area contributed by atoms with E-state index < -0.39 is 11.8 Å². The zero-order valence-electron chi connectivity index (χ0n) is 16.4. The molecule has 0 atom stereocenters. The van der Waals surface area contributed by atoms with Crippen LogP contribution in [0, 0.1) is 6.92 Å². The highest BCUT2D eigenvalue weighted by Crippen LogP contribution is 2.25. The summed E-state index contributed by atoms with van der Waals surface area (Å²) in [5, 5.41) is 8.50. The number of azide groups is 1. The fraction of sp³-hybridized carbons (Fsp3) is 0.190. The first kappa shape index (κ1) is 21.1. The van der Waals surface area contributed by atoms with Gasteiger partial charge in [0.1, 0.15) is 11.3 Å². The number of carbonyl (C=O) groups excluding carboxylic acids is 2. The van der Waals surface area contributed by atoms with Gasteiger partial charge >= 0.3 is 5.97 Å². The fourth-order valence-electron chi connectivity index (χ4n) is 2.91. The van der Waals surface area contributed by atoms with Crippen molar-refractivity contribution >= 4 is 23.4 Å². The molecule has 0 amide bonds. The predicted octanol–water partition coefficient (Wildman–Crippen LogP) is 5.05. The predicted molar refractivity (Wildman–Crippen MR) is 112 cm³/mol. The van der Waals surface area contributed by atoms with Crippen molar-refractivity contribution in [1.82, 2.24) is 9.78 Å². The van der Waals surface area contributed by atoms with Gasteiger partial charge in [-0.25, -0.2) is 9.48 Å². The summed E-state index contributed by atoms with van der Waals surface area (Å²) in [5.41, 5.74) is 10.9. The van der Waals surface area contributed by atoms with Crippen LogP contribution in [0.3, 0.4) is 0 Å². The third-order valence-electron chi connectivity index (χ3n) is 4.34. The van der Waals surface area contributed by atoms with E-state index in [0.29, 0.717) is 16.3 Å². The van der Waals surface area contributed by atoms with Gasteiger partial charge in [0.05, 0.1) is 24.5 Å². The summed E-state index contributed by atoms with van der Waals surface area (Å²) in [6.45, 7) is 3.49. The molecule has 0 fully saturated rings. The molecule has 30 heavy (non-hydrogen) atoms. The second-order valence-electron chi connectivity index (χ2n) is 6.36. The van der Waals surface area contributed by atoms with Gasteiger partial charge in [-0.2, -0.15) is 5.10 Å². The summed E-state index contributed by atoms with van der Waals surface area (Å²) in [6.07, 6.45) is 0. The summed E-state index contributed by atoms with van der Waals surface area (Å²) in [7, 11) is 0. The highest BCUT2D eigenvalue weighted by atomic mass is 35.5. The smallest absolute Gasteiger partial charge is 0.342 e. The Bertz CT molecular complexity index is 1130. The molecule has 0 aliphatic carbocycles. The van der Waals surface area contributed by atoms with E-state index in [-0.39, 0.29) is 30.1 Å². The van der Waals surface area contributed by atoms with E-state index in [9.17, 15) is 9.59 Å². The SMILES string of the molecule is CCOC(=O)c1c(C(=O)c2ccc(C)cc2)nn(-c2ccc(Cl)cc2)c1CN=[N+]=[N-]. The van der Waals surface area contributed by atoms with Gasteiger partial charge in [0.25, 0.3) is 0 Å². The summed E-state index contributed by atoms with van der Waals surface area (Å²) in [6, 6.07) is 13.6. The average Bonchev–Trinajstić information content (AvgIpc) is 3.12. The standard InChI is InChI=1S/C21H18ClN5O3/c1-3-30-21(29)18-17(12-24-26-23)27(16-10-8-15(22)9-11-16)25-19(18)20(28)14-6-4-13(2)5-7-14/h4-11H,3,12H2,1-2H3. The fourth-order valence-corrected chi connectivity index (χ4v) is 3.04. The number of ketones is 1. The van der Waals surface area contributed by atoms with Crippen LogP contribution in [-0.2, 0) is 11.3 Å². The first-order valence-electron chi connectivity index (χ1n) is 9.13. The summed E-state index contributed by atoms with van der Waals surface area (Å²) >= 11 is 5.97. The number of aromatic nitrogens is 2. The number of esters is 1. The van der Waals surface area contributed by atoms with Crippen molar-refractivity contribution in [2.24, 2.45) is 5.11 Å². The third kappa shape index (κ3) is 4.35. The van der Waals surface area contributed by atoms with Gasteiger partial charge in [-0.05, 0) is 43.6 Å². The van der Waals surface area contributed by atoms with Crippen LogP contribution < -0.4 is 0 Å². The zero-order chi connectivity index (χ0) is 21.7. The molecule has 3 aromatic rings. The van der Waals surface area contributed by atoms with E-state index in [1.165, 1.54) is 4.68 Å². The van der Waals surface area contributed by atoms with Gasteiger partial charge in [-0.3, -0.25) is 4.79 Å². The molecule has 0 spiro atoms. The number of halogens is 1. The Kier molecular flexibility index (Phi) is 6.51. The summed E-state index contributed by atoms with van der Waals surface area (Å²) in [5.74, 6) is -1.15. The minimum atomic E-state index is -0.712. The molecule has 0 saturated carbocycles. The minimum absolute atomic E-state index is 0.0234. The van der Waals surface area contributed by atoms with E-state index in [4.69, 9.17) is 21.9 Å². The molecule has 0 unspecified atom stereocenters. The number of rotatable bonds is 7. The Balaban J connectivity index is 2.24. The zero-order valence-corrected chi connectivity index (χ0v) is 17.1. The number of carbonyl (C=O) groups is 2. The van der Waals surface area contributed by atoms with Gasteiger partial charge < -0.3 is 4.74 Å². The van der Waals surface area contributed by atoms with Crippen molar-refractivity contribution in [3.8, 4) is 5.69 Å². The highest BCUT2D eigenvalue weighted by Gasteiger charge is 2.29. The molecule has 1 heterocycles. The number of hydrogen-bond acceptors (Lipinski definition) is 5. The topological polar surface area (TPSA) is 110 Å². The summed E-state index contributed by atoms with van der Waals surface area (Å²) in [4.78, 5) is 28.7. The minimum Gasteiger partial charge on any atom is -0.462 e. The van der Waals surface area contributed by atoms with Crippen molar-refractivity contribution in [2.45, 2.75) is 20.4 Å². The van der Waals surface area contributed by atoms with E-state index in [0.717, 1.165) is 5.56 Å². The van der Waals surface area contributed by atoms with Gasteiger partial charge in [0.2, 0.25) is 5.78 Å². The van der Waals surface area contributed by atoms with Crippen molar-refractivity contribution in [2.75, 3.05) is 6.61 Å². The first-order valence-corrected chi connectivity index (χ1v) is 9.51. The highest BCUT2D eigenvalue weighted by molar-refractivity contribution is 6.30. The maximum atomic E-state index is 13.2. The molecule has 2 aromatic carbocycles. The molecule has 3 rings (SSSR count). The van der Waals surface area contributed by atoms with Crippen LogP contribution in [0.25, 0.3) is 16.1 Å². The average molecular weight is 424 g/mol. The maximum Gasteiger partial charge on any atom is 0.342 e. The Morgan fingerprint density at radius 1 is 1.17 bits per heavy atom. The second kappa shape index (κ2) is 9.26. The molecule has 0 radical (unpaired) electrons. The molecule has 152 valence electrons. The number of aryl methyl sites for hydroxylation is 1. The molecule has 0 N–H and O–H groups in total. The van der Waals surface area contributed by atoms with E-state index in [2.05, 4.69) is 15.1 Å². The normalized spacial score (nSPS) is 10.4. The van der Waals surface area contributed by atoms with Crippen LogP contribution in [0.15, 0.2) is 53.6 Å². The Morgan fingerprint density at radius 2 is 1.83 bits per heavy atom. The maximum absolute atomic E-state index is 13.2. The number of hydrogen-bond donors (Lipinski definition) is 0. The van der Waals surface area contributed by atoms with Crippen LogP contribution in [0.4, 0.5) is 0 Å². The lowest BCUT2D eigenvalue weighted by Crippen LogP contribution is -2.13. The van der Waals surface area contributed by atoms with Crippen LogP contribution in [0.1, 0.15) is 44.6 Å². The molecule has 0 bridgehead atoms. The Morgan fingerprint density at radius 3 is 2.43 bits per heavy atom. The molecule has 0 aliphatic rings. The molecule has 8 nitrogen and oxygen atoms in total. The van der Waals surface area contributed by atoms with Gasteiger partial charge in [-0.15, -0.1) is 0 Å². The van der Waals surface area contributed by atoms with E-state index in [1.54, 1.807) is 55.5 Å². The lowest BCUT2D eigenvalue weighted by molar-refractivity contribution is 0.0522.